The first-order valence-electron chi connectivity index (χ1n) is 18.5. The summed E-state index contributed by atoms with van der Waals surface area (Å²) in [6.07, 6.45) is 41.9. The number of fused-ring (bicyclic) bond motifs is 11. The van der Waals surface area contributed by atoms with Crippen LogP contribution in [0.25, 0.3) is 0 Å². The highest BCUT2D eigenvalue weighted by atomic mass is 32.3. The number of hydrogen-bond donors (Lipinski definition) is 0. The molecule has 0 nitrogen and oxygen atoms in total. The summed E-state index contributed by atoms with van der Waals surface area (Å²) in [4.78, 5) is 2.06. The van der Waals surface area contributed by atoms with E-state index in [1.54, 1.807) is 122 Å². The van der Waals surface area contributed by atoms with Crippen molar-refractivity contribution in [3.05, 3.63) is 11.0 Å². The van der Waals surface area contributed by atoms with Crippen LogP contribution in [0.3, 0.4) is 0 Å². The van der Waals surface area contributed by atoms with E-state index in [4.69, 9.17) is 0 Å². The lowest BCUT2D eigenvalue weighted by Crippen LogP contribution is -2.45. The Morgan fingerprint density at radius 3 is 1.69 bits per heavy atom. The van der Waals surface area contributed by atoms with Gasteiger partial charge in [-0.25, -0.2) is 10.0 Å². The molecule has 0 radical (unpaired) electrons. The molecule has 0 heterocycles. The minimum Gasteiger partial charge on any atom is -0.221 e. The van der Waals surface area contributed by atoms with Gasteiger partial charge in [0, 0.05) is 0 Å². The summed E-state index contributed by atoms with van der Waals surface area (Å²) < 4.78 is 0. The molecule has 8 aliphatic carbocycles. The maximum Gasteiger partial charge on any atom is -0.00757 e. The molecule has 0 bridgehead atoms. The van der Waals surface area contributed by atoms with Crippen molar-refractivity contribution >= 4 is 10.0 Å². The van der Waals surface area contributed by atoms with E-state index in [0.717, 1.165) is 76.3 Å². The van der Waals surface area contributed by atoms with Crippen molar-refractivity contribution < 1.29 is 0 Å². The van der Waals surface area contributed by atoms with Gasteiger partial charge >= 0.3 is 0 Å². The molecule has 0 spiro atoms. The third kappa shape index (κ3) is 4.49. The average molecular weight is 551 g/mol. The largest absolute Gasteiger partial charge is 0.221 e. The maximum atomic E-state index is 3.06. The molecule has 8 rings (SSSR count). The zero-order chi connectivity index (χ0) is 26.1. The SMILES string of the molecule is CS(C)(C1=CC2C3CCCCCC3C3CCCCC3C2C1)C1CC2CC3CCCCC3C3CCCCC3C2C1. The molecule has 39 heavy (non-hydrogen) atoms. The Hall–Kier alpha value is 0.0900. The van der Waals surface area contributed by atoms with Crippen LogP contribution in [0.5, 0.6) is 0 Å². The topological polar surface area (TPSA) is 0 Å². The van der Waals surface area contributed by atoms with Crippen LogP contribution in [-0.2, 0) is 0 Å². The van der Waals surface area contributed by atoms with E-state index in [1.807, 2.05) is 0 Å². The summed E-state index contributed by atoms with van der Waals surface area (Å²) >= 11 is 0. The van der Waals surface area contributed by atoms with Crippen LogP contribution in [0, 0.1) is 71.0 Å². The summed E-state index contributed by atoms with van der Waals surface area (Å²) in [5.41, 5.74) is 0. The number of rotatable bonds is 2. The van der Waals surface area contributed by atoms with E-state index in [0.29, 0.717) is 0 Å². The van der Waals surface area contributed by atoms with Crippen LogP contribution in [0.4, 0.5) is 0 Å². The van der Waals surface area contributed by atoms with Crippen molar-refractivity contribution in [2.45, 2.75) is 140 Å². The fourth-order valence-electron chi connectivity index (χ4n) is 14.0. The molecule has 0 N–H and O–H groups in total. The normalized spacial score (nSPS) is 52.1. The van der Waals surface area contributed by atoms with Crippen LogP contribution in [0.2, 0.25) is 0 Å². The Balaban J connectivity index is 1.05. The highest BCUT2D eigenvalue weighted by Crippen LogP contribution is 2.70. The molecule has 8 aliphatic rings. The Labute approximate surface area is 244 Å². The predicted octanol–water partition coefficient (Wildman–Crippen LogP) is 11.0. The maximum absolute atomic E-state index is 3.06. The fourth-order valence-corrected chi connectivity index (χ4v) is 17.0. The van der Waals surface area contributed by atoms with Crippen molar-refractivity contribution in [1.29, 1.82) is 0 Å². The van der Waals surface area contributed by atoms with Crippen molar-refractivity contribution in [1.82, 2.24) is 0 Å². The predicted molar refractivity (Wildman–Crippen MR) is 170 cm³/mol. The molecule has 0 aromatic carbocycles. The molecule has 13 unspecified atom stereocenters. The van der Waals surface area contributed by atoms with E-state index >= 15 is 0 Å². The molecule has 7 fully saturated rings. The summed E-state index contributed by atoms with van der Waals surface area (Å²) in [6.45, 7) is 0. The van der Waals surface area contributed by atoms with Crippen LogP contribution in [0.1, 0.15) is 135 Å². The quantitative estimate of drug-likeness (QED) is 0.321. The first-order valence-corrected chi connectivity index (χ1v) is 21.0. The second-order valence-corrected chi connectivity index (χ2v) is 21.1. The van der Waals surface area contributed by atoms with E-state index in [9.17, 15) is 0 Å². The molecule has 220 valence electrons. The summed E-state index contributed by atoms with van der Waals surface area (Å²) in [5, 5.41) is 1.05. The smallest absolute Gasteiger partial charge is 0.00757 e. The summed E-state index contributed by atoms with van der Waals surface area (Å²) in [7, 11) is -0.658. The van der Waals surface area contributed by atoms with Gasteiger partial charge in [0.05, 0.1) is 0 Å². The van der Waals surface area contributed by atoms with Crippen molar-refractivity contribution in [2.24, 2.45) is 71.0 Å². The Kier molecular flexibility index (Phi) is 7.30. The van der Waals surface area contributed by atoms with Gasteiger partial charge in [-0.15, -0.1) is 0 Å². The second kappa shape index (κ2) is 10.7. The van der Waals surface area contributed by atoms with E-state index < -0.39 is 10.0 Å². The van der Waals surface area contributed by atoms with Gasteiger partial charge in [-0.3, -0.25) is 0 Å². The molecular formula is C38H62S. The van der Waals surface area contributed by atoms with Gasteiger partial charge < -0.3 is 0 Å². The minimum absolute atomic E-state index is 0.658. The molecule has 0 aromatic rings. The highest BCUT2D eigenvalue weighted by molar-refractivity contribution is 8.36. The Bertz CT molecular complexity index is 916. The van der Waals surface area contributed by atoms with Crippen LogP contribution < -0.4 is 0 Å². The fraction of sp³-hybridized carbons (Fsp3) is 0.947. The van der Waals surface area contributed by atoms with Crippen molar-refractivity contribution in [2.75, 3.05) is 12.5 Å². The monoisotopic (exact) mass is 550 g/mol. The van der Waals surface area contributed by atoms with Gasteiger partial charge in [0.15, 0.2) is 0 Å². The van der Waals surface area contributed by atoms with Gasteiger partial charge in [0.1, 0.15) is 0 Å². The van der Waals surface area contributed by atoms with Crippen LogP contribution in [-0.4, -0.2) is 17.8 Å². The molecule has 7 saturated carbocycles. The standard InChI is InChI=1S/C38H62S/c1-39(2,27-21-26-20-25-12-6-7-13-29(25)30-16-8-10-18-33(30)36(26)22-27)28-23-37-34-15-5-3-4-14-31(34)32-17-9-11-19-35(32)38(37)24-28/h23,25-27,29-38H,3-22,24H2,1-2H3. The minimum atomic E-state index is -0.658. The molecule has 13 atom stereocenters. The zero-order valence-corrected chi connectivity index (χ0v) is 26.7. The first-order chi connectivity index (χ1) is 19.1. The molecule has 1 heteroatoms. The molecule has 0 aromatic heterocycles. The third-order valence-corrected chi connectivity index (χ3v) is 19.4. The molecular weight excluding hydrogens is 488 g/mol. The van der Waals surface area contributed by atoms with Gasteiger partial charge in [0.25, 0.3) is 0 Å². The van der Waals surface area contributed by atoms with Crippen LogP contribution in [0.15, 0.2) is 11.0 Å². The number of allylic oxidation sites excluding steroid dienone is 2. The van der Waals surface area contributed by atoms with E-state index in [1.165, 1.54) is 12.8 Å². The Morgan fingerprint density at radius 2 is 0.974 bits per heavy atom. The molecule has 0 aliphatic heterocycles. The first kappa shape index (κ1) is 26.7. The molecule has 0 saturated heterocycles. The second-order valence-electron chi connectivity index (χ2n) is 17.1. The Morgan fingerprint density at radius 1 is 0.462 bits per heavy atom. The molecule has 0 amide bonds. The van der Waals surface area contributed by atoms with Crippen LogP contribution >= 0.6 is 10.0 Å². The van der Waals surface area contributed by atoms with Gasteiger partial charge in [0.2, 0.25) is 0 Å². The lowest BCUT2D eigenvalue weighted by Gasteiger charge is -2.52. The van der Waals surface area contributed by atoms with E-state index in [2.05, 4.69) is 23.5 Å². The summed E-state index contributed by atoms with van der Waals surface area (Å²) in [6, 6.07) is 0. The highest BCUT2D eigenvalue weighted by Gasteiger charge is 2.55. The zero-order valence-electron chi connectivity index (χ0n) is 25.8. The lowest BCUT2D eigenvalue weighted by atomic mass is 9.53. The van der Waals surface area contributed by atoms with Crippen molar-refractivity contribution in [3.8, 4) is 0 Å². The van der Waals surface area contributed by atoms with Gasteiger partial charge in [-0.1, -0.05) is 70.3 Å². The van der Waals surface area contributed by atoms with E-state index in [-0.39, 0.29) is 0 Å². The van der Waals surface area contributed by atoms with Crippen molar-refractivity contribution in [3.63, 3.8) is 0 Å². The van der Waals surface area contributed by atoms with Gasteiger partial charge in [-0.2, -0.15) is 0 Å². The average Bonchev–Trinajstić information content (AvgIpc) is 3.49. The number of hydrogen-bond acceptors (Lipinski definition) is 0. The lowest BCUT2D eigenvalue weighted by molar-refractivity contribution is -0.0217. The van der Waals surface area contributed by atoms with Gasteiger partial charge in [-0.05, 0) is 164 Å². The summed E-state index contributed by atoms with van der Waals surface area (Å²) in [5.74, 6) is 13.1. The third-order valence-electron chi connectivity index (χ3n) is 15.7.